The van der Waals surface area contributed by atoms with Crippen LogP contribution in [0.4, 0.5) is 0 Å². The lowest BCUT2D eigenvalue weighted by Crippen LogP contribution is -2.26. The molecule has 2 heterocycles. The molecule has 3 rings (SSSR count). The summed E-state index contributed by atoms with van der Waals surface area (Å²) >= 11 is 0. The Morgan fingerprint density at radius 1 is 1.47 bits per heavy atom. The number of halogens is 1. The van der Waals surface area contributed by atoms with Gasteiger partial charge in [-0.3, -0.25) is 0 Å². The molecule has 0 amide bonds. The fourth-order valence-electron chi connectivity index (χ4n) is 2.56. The summed E-state index contributed by atoms with van der Waals surface area (Å²) < 4.78 is 7.90. The van der Waals surface area contributed by atoms with E-state index in [1.54, 1.807) is 0 Å². The highest BCUT2D eigenvalue weighted by Crippen LogP contribution is 2.30. The van der Waals surface area contributed by atoms with E-state index in [1.807, 2.05) is 25.8 Å². The first-order valence-electron chi connectivity index (χ1n) is 6.26. The summed E-state index contributed by atoms with van der Waals surface area (Å²) in [5.41, 5.74) is 3.89. The summed E-state index contributed by atoms with van der Waals surface area (Å²) in [6.07, 6.45) is 6.76. The molecular weight excluding hydrogens is 262 g/mol. The van der Waals surface area contributed by atoms with Crippen molar-refractivity contribution in [2.45, 2.75) is 12.5 Å². The Bertz CT molecular complexity index is 527. The van der Waals surface area contributed by atoms with Crippen molar-refractivity contribution >= 4 is 12.4 Å². The molecule has 0 bridgehead atoms. The summed E-state index contributed by atoms with van der Waals surface area (Å²) in [7, 11) is 1.96. The van der Waals surface area contributed by atoms with Gasteiger partial charge in [-0.2, -0.15) is 0 Å². The van der Waals surface area contributed by atoms with Crippen LogP contribution < -0.4 is 5.32 Å². The Morgan fingerprint density at radius 3 is 3.11 bits per heavy atom. The first-order valence-corrected chi connectivity index (χ1v) is 6.26. The molecule has 102 valence electrons. The molecule has 0 spiro atoms. The normalized spacial score (nSPS) is 17.6. The zero-order chi connectivity index (χ0) is 12.4. The lowest BCUT2D eigenvalue weighted by molar-refractivity contribution is 0.0438. The summed E-state index contributed by atoms with van der Waals surface area (Å²) in [5.74, 6) is 0. The van der Waals surface area contributed by atoms with Crippen LogP contribution in [0.1, 0.15) is 17.2 Å². The van der Waals surface area contributed by atoms with Gasteiger partial charge in [-0.1, -0.05) is 12.1 Å². The molecule has 5 heteroatoms. The first-order chi connectivity index (χ1) is 8.90. The molecule has 1 N–H and O–H groups in total. The highest BCUT2D eigenvalue weighted by molar-refractivity contribution is 5.85. The standard InChI is InChI=1S/C14H17N3O.ClH/c1-15-9-14-12-3-2-4-13(11(12)5-8-18-14)17-7-6-16-10-17;/h2-4,6-7,10,14-15H,5,8-9H2,1H3;1H/t14-;/m0./s1. The number of ether oxygens (including phenoxy) is 1. The van der Waals surface area contributed by atoms with Gasteiger partial charge >= 0.3 is 0 Å². The smallest absolute Gasteiger partial charge is 0.0991 e. The summed E-state index contributed by atoms with van der Waals surface area (Å²) in [4.78, 5) is 4.12. The number of aromatic nitrogens is 2. The van der Waals surface area contributed by atoms with Crippen LogP contribution in [0.2, 0.25) is 0 Å². The molecule has 19 heavy (non-hydrogen) atoms. The van der Waals surface area contributed by atoms with Crippen molar-refractivity contribution < 1.29 is 4.74 Å². The van der Waals surface area contributed by atoms with Crippen LogP contribution in [-0.4, -0.2) is 29.8 Å². The monoisotopic (exact) mass is 279 g/mol. The Balaban J connectivity index is 0.00000133. The average Bonchev–Trinajstić information content (AvgIpc) is 2.93. The van der Waals surface area contributed by atoms with Crippen molar-refractivity contribution in [1.29, 1.82) is 0 Å². The van der Waals surface area contributed by atoms with Crippen LogP contribution in [0.5, 0.6) is 0 Å². The summed E-state index contributed by atoms with van der Waals surface area (Å²) in [6.45, 7) is 1.63. The quantitative estimate of drug-likeness (QED) is 0.935. The van der Waals surface area contributed by atoms with E-state index in [4.69, 9.17) is 4.74 Å². The molecule has 1 atom stereocenters. The number of likely N-dealkylation sites (N-methyl/N-ethyl adjacent to an activating group) is 1. The maximum atomic E-state index is 5.83. The lowest BCUT2D eigenvalue weighted by atomic mass is 9.95. The number of imidazole rings is 1. The lowest BCUT2D eigenvalue weighted by Gasteiger charge is -2.27. The maximum Gasteiger partial charge on any atom is 0.0991 e. The summed E-state index contributed by atoms with van der Waals surface area (Å²) in [6, 6.07) is 6.39. The van der Waals surface area contributed by atoms with Crippen LogP contribution in [0.15, 0.2) is 36.9 Å². The highest BCUT2D eigenvalue weighted by Gasteiger charge is 2.22. The van der Waals surface area contributed by atoms with Crippen LogP contribution in [-0.2, 0) is 11.2 Å². The van der Waals surface area contributed by atoms with E-state index in [-0.39, 0.29) is 18.5 Å². The van der Waals surface area contributed by atoms with E-state index in [0.29, 0.717) is 0 Å². The minimum atomic E-state index is 0. The van der Waals surface area contributed by atoms with Gasteiger partial charge in [-0.05, 0) is 30.7 Å². The van der Waals surface area contributed by atoms with Gasteiger partial charge in [0.25, 0.3) is 0 Å². The van der Waals surface area contributed by atoms with Gasteiger partial charge in [0.2, 0.25) is 0 Å². The Hall–Kier alpha value is -1.36. The largest absolute Gasteiger partial charge is 0.372 e. The molecule has 1 aromatic heterocycles. The van der Waals surface area contributed by atoms with Crippen molar-refractivity contribution in [2.75, 3.05) is 20.2 Å². The SMILES string of the molecule is CNC[C@@H]1OCCc2c1cccc2-n1ccnc1.Cl. The molecule has 0 aliphatic carbocycles. The third kappa shape index (κ3) is 2.66. The van der Waals surface area contributed by atoms with Crippen molar-refractivity contribution in [3.05, 3.63) is 48.0 Å². The second-order valence-electron chi connectivity index (χ2n) is 4.48. The second kappa shape index (κ2) is 6.19. The topological polar surface area (TPSA) is 39.1 Å². The zero-order valence-electron chi connectivity index (χ0n) is 10.9. The molecule has 0 fully saturated rings. The Labute approximate surface area is 119 Å². The number of hydrogen-bond donors (Lipinski definition) is 1. The number of rotatable bonds is 3. The van der Waals surface area contributed by atoms with Gasteiger partial charge in [-0.25, -0.2) is 4.98 Å². The second-order valence-corrected chi connectivity index (χ2v) is 4.48. The van der Waals surface area contributed by atoms with Crippen molar-refractivity contribution in [3.8, 4) is 5.69 Å². The number of hydrogen-bond acceptors (Lipinski definition) is 3. The maximum absolute atomic E-state index is 5.83. The fourth-order valence-corrected chi connectivity index (χ4v) is 2.56. The molecular formula is C14H18ClN3O. The number of nitrogens with zero attached hydrogens (tertiary/aromatic N) is 2. The molecule has 2 aromatic rings. The third-order valence-electron chi connectivity index (χ3n) is 3.38. The predicted molar refractivity (Wildman–Crippen MR) is 77.1 cm³/mol. The zero-order valence-corrected chi connectivity index (χ0v) is 11.7. The molecule has 0 saturated carbocycles. The predicted octanol–water partition coefficient (Wildman–Crippen LogP) is 2.13. The average molecular weight is 280 g/mol. The minimum absolute atomic E-state index is 0. The Kier molecular flexibility index (Phi) is 4.58. The Morgan fingerprint density at radius 2 is 2.37 bits per heavy atom. The van der Waals surface area contributed by atoms with E-state index >= 15 is 0 Å². The van der Waals surface area contributed by atoms with E-state index in [1.165, 1.54) is 16.8 Å². The van der Waals surface area contributed by atoms with Gasteiger partial charge in [0.1, 0.15) is 0 Å². The molecule has 0 saturated heterocycles. The van der Waals surface area contributed by atoms with Crippen LogP contribution in [0.25, 0.3) is 5.69 Å². The number of nitrogens with one attached hydrogen (secondary N) is 1. The van der Waals surface area contributed by atoms with Gasteiger partial charge in [0.15, 0.2) is 0 Å². The number of fused-ring (bicyclic) bond motifs is 1. The van der Waals surface area contributed by atoms with E-state index < -0.39 is 0 Å². The molecule has 0 radical (unpaired) electrons. The van der Waals surface area contributed by atoms with E-state index in [0.717, 1.165) is 19.6 Å². The van der Waals surface area contributed by atoms with Gasteiger partial charge in [0.05, 0.1) is 24.7 Å². The van der Waals surface area contributed by atoms with Crippen LogP contribution >= 0.6 is 12.4 Å². The van der Waals surface area contributed by atoms with Crippen LogP contribution in [0, 0.1) is 0 Å². The molecule has 1 aliphatic rings. The van der Waals surface area contributed by atoms with E-state index in [2.05, 4.69) is 33.1 Å². The molecule has 1 aromatic carbocycles. The first kappa shape index (κ1) is 14.1. The highest BCUT2D eigenvalue weighted by atomic mass is 35.5. The minimum Gasteiger partial charge on any atom is -0.372 e. The van der Waals surface area contributed by atoms with Gasteiger partial charge < -0.3 is 14.6 Å². The van der Waals surface area contributed by atoms with Gasteiger partial charge in [0, 0.05) is 18.9 Å². The van der Waals surface area contributed by atoms with Gasteiger partial charge in [-0.15, -0.1) is 12.4 Å². The van der Waals surface area contributed by atoms with Crippen molar-refractivity contribution in [3.63, 3.8) is 0 Å². The van der Waals surface area contributed by atoms with Crippen molar-refractivity contribution in [1.82, 2.24) is 14.9 Å². The van der Waals surface area contributed by atoms with Crippen LogP contribution in [0.3, 0.4) is 0 Å². The molecule has 1 aliphatic heterocycles. The summed E-state index contributed by atoms with van der Waals surface area (Å²) in [5, 5.41) is 3.19. The fraction of sp³-hybridized carbons (Fsp3) is 0.357. The third-order valence-corrected chi connectivity index (χ3v) is 3.38. The van der Waals surface area contributed by atoms with Crippen molar-refractivity contribution in [2.24, 2.45) is 0 Å². The molecule has 4 nitrogen and oxygen atoms in total. The number of benzene rings is 1. The molecule has 0 unspecified atom stereocenters. The van der Waals surface area contributed by atoms with E-state index in [9.17, 15) is 0 Å².